The number of nitrogens with one attached hydrogen (secondary N) is 2. The predicted molar refractivity (Wildman–Crippen MR) is 79.4 cm³/mol. The molecular weight excluding hydrogens is 270 g/mol. The highest BCUT2D eigenvalue weighted by Gasteiger charge is 2.10. The van der Waals surface area contributed by atoms with E-state index in [1.807, 2.05) is 24.3 Å². The molecule has 2 N–H and O–H groups in total. The third-order valence-corrected chi connectivity index (χ3v) is 3.02. The lowest BCUT2D eigenvalue weighted by Crippen LogP contribution is -2.25. The van der Waals surface area contributed by atoms with Crippen molar-refractivity contribution in [2.45, 2.75) is 6.42 Å². The van der Waals surface area contributed by atoms with E-state index in [0.29, 0.717) is 18.8 Å². The number of methoxy groups -OCH3 is 2. The fourth-order valence-electron chi connectivity index (χ4n) is 1.86. The topological polar surface area (TPSA) is 76.2 Å². The number of hydrogen-bond acceptors (Lipinski definition) is 4. The molecule has 0 spiro atoms. The molecule has 1 aromatic carbocycles. The number of hydrogen-bond donors (Lipinski definition) is 2. The van der Waals surface area contributed by atoms with Gasteiger partial charge in [-0.1, -0.05) is 0 Å². The second-order valence-electron chi connectivity index (χ2n) is 4.50. The maximum absolute atomic E-state index is 11.9. The maximum atomic E-state index is 11.9. The summed E-state index contributed by atoms with van der Waals surface area (Å²) in [6.45, 7) is 1.20. The summed E-state index contributed by atoms with van der Waals surface area (Å²) in [5.41, 5.74) is 2.09. The Bertz CT molecular complexity index is 578. The fourth-order valence-corrected chi connectivity index (χ4v) is 1.86. The summed E-state index contributed by atoms with van der Waals surface area (Å²) in [6, 6.07) is 9.24. The Morgan fingerprint density at radius 3 is 2.71 bits per heavy atom. The van der Waals surface area contributed by atoms with E-state index in [2.05, 4.69) is 15.5 Å². The molecule has 21 heavy (non-hydrogen) atoms. The monoisotopic (exact) mass is 289 g/mol. The van der Waals surface area contributed by atoms with Gasteiger partial charge in [0.2, 0.25) is 0 Å². The van der Waals surface area contributed by atoms with Gasteiger partial charge in [-0.15, -0.1) is 0 Å². The van der Waals surface area contributed by atoms with Crippen molar-refractivity contribution in [3.05, 3.63) is 36.0 Å². The Balaban J connectivity index is 1.98. The first-order valence-corrected chi connectivity index (χ1v) is 6.71. The Morgan fingerprint density at radius 1 is 1.29 bits per heavy atom. The molecule has 0 saturated heterocycles. The van der Waals surface area contributed by atoms with Crippen molar-refractivity contribution in [3.63, 3.8) is 0 Å². The van der Waals surface area contributed by atoms with Gasteiger partial charge in [-0.25, -0.2) is 0 Å². The van der Waals surface area contributed by atoms with Gasteiger partial charge in [0.1, 0.15) is 11.4 Å². The van der Waals surface area contributed by atoms with Gasteiger partial charge < -0.3 is 14.8 Å². The molecule has 0 fully saturated rings. The summed E-state index contributed by atoms with van der Waals surface area (Å²) < 4.78 is 10.0. The van der Waals surface area contributed by atoms with Crippen LogP contribution in [0.1, 0.15) is 16.9 Å². The van der Waals surface area contributed by atoms with Crippen molar-refractivity contribution in [2.75, 3.05) is 27.4 Å². The molecule has 0 saturated carbocycles. The summed E-state index contributed by atoms with van der Waals surface area (Å²) in [6.07, 6.45) is 0.779. The van der Waals surface area contributed by atoms with Gasteiger partial charge in [0.15, 0.2) is 0 Å². The van der Waals surface area contributed by atoms with Crippen LogP contribution in [0.25, 0.3) is 11.3 Å². The van der Waals surface area contributed by atoms with Crippen molar-refractivity contribution in [3.8, 4) is 17.0 Å². The molecule has 1 aromatic heterocycles. The van der Waals surface area contributed by atoms with Crippen molar-refractivity contribution in [1.29, 1.82) is 0 Å². The zero-order valence-corrected chi connectivity index (χ0v) is 12.2. The lowest BCUT2D eigenvalue weighted by Gasteiger charge is -2.02. The van der Waals surface area contributed by atoms with Gasteiger partial charge in [-0.3, -0.25) is 9.89 Å². The molecular formula is C15H19N3O3. The number of amides is 1. The van der Waals surface area contributed by atoms with Crippen molar-refractivity contribution in [2.24, 2.45) is 0 Å². The SMILES string of the molecule is COCCCNC(=O)c1cc(-c2ccc(OC)cc2)n[nH]1. The van der Waals surface area contributed by atoms with E-state index in [-0.39, 0.29) is 5.91 Å². The number of benzene rings is 1. The highest BCUT2D eigenvalue weighted by atomic mass is 16.5. The molecule has 0 atom stereocenters. The molecule has 6 heteroatoms. The fraction of sp³-hybridized carbons (Fsp3) is 0.333. The third kappa shape index (κ3) is 4.06. The van der Waals surface area contributed by atoms with E-state index in [4.69, 9.17) is 9.47 Å². The van der Waals surface area contributed by atoms with Crippen molar-refractivity contribution < 1.29 is 14.3 Å². The largest absolute Gasteiger partial charge is 0.497 e. The number of H-pyrrole nitrogens is 1. The van der Waals surface area contributed by atoms with Gasteiger partial charge in [0.05, 0.1) is 12.8 Å². The van der Waals surface area contributed by atoms with E-state index in [1.54, 1.807) is 20.3 Å². The molecule has 112 valence electrons. The first kappa shape index (κ1) is 15.1. The molecule has 2 rings (SSSR count). The van der Waals surface area contributed by atoms with Crippen molar-refractivity contribution >= 4 is 5.91 Å². The first-order chi connectivity index (χ1) is 10.2. The summed E-state index contributed by atoms with van der Waals surface area (Å²) in [7, 11) is 3.26. The van der Waals surface area contributed by atoms with Gasteiger partial charge >= 0.3 is 0 Å². The quantitative estimate of drug-likeness (QED) is 0.763. The lowest BCUT2D eigenvalue weighted by molar-refractivity contribution is 0.0943. The molecule has 1 amide bonds. The van der Waals surface area contributed by atoms with Crippen LogP contribution in [-0.4, -0.2) is 43.5 Å². The maximum Gasteiger partial charge on any atom is 0.269 e. The number of aromatic amines is 1. The van der Waals surface area contributed by atoms with Crippen LogP contribution in [0.15, 0.2) is 30.3 Å². The smallest absolute Gasteiger partial charge is 0.269 e. The first-order valence-electron chi connectivity index (χ1n) is 6.71. The summed E-state index contributed by atoms with van der Waals surface area (Å²) in [4.78, 5) is 11.9. The van der Waals surface area contributed by atoms with E-state index >= 15 is 0 Å². The second-order valence-corrected chi connectivity index (χ2v) is 4.50. The highest BCUT2D eigenvalue weighted by molar-refractivity contribution is 5.93. The minimum absolute atomic E-state index is 0.168. The van der Waals surface area contributed by atoms with Gasteiger partial charge in [0.25, 0.3) is 5.91 Å². The van der Waals surface area contributed by atoms with Crippen LogP contribution < -0.4 is 10.1 Å². The van der Waals surface area contributed by atoms with E-state index < -0.39 is 0 Å². The van der Waals surface area contributed by atoms with Gasteiger partial charge in [-0.05, 0) is 36.8 Å². The second kappa shape index (κ2) is 7.44. The average molecular weight is 289 g/mol. The van der Waals surface area contributed by atoms with Crippen LogP contribution in [0.2, 0.25) is 0 Å². The number of nitrogens with zero attached hydrogens (tertiary/aromatic N) is 1. The molecule has 6 nitrogen and oxygen atoms in total. The van der Waals surface area contributed by atoms with Crippen LogP contribution in [0.3, 0.4) is 0 Å². The Kier molecular flexibility index (Phi) is 5.34. The van der Waals surface area contributed by atoms with Crippen LogP contribution in [0.5, 0.6) is 5.75 Å². The molecule has 2 aromatic rings. The van der Waals surface area contributed by atoms with Crippen LogP contribution in [0.4, 0.5) is 0 Å². The van der Waals surface area contributed by atoms with Crippen LogP contribution in [-0.2, 0) is 4.74 Å². The third-order valence-electron chi connectivity index (χ3n) is 3.02. The standard InChI is InChI=1S/C15H19N3O3/c1-20-9-3-8-16-15(19)14-10-13(17-18-14)11-4-6-12(21-2)7-5-11/h4-7,10H,3,8-9H2,1-2H3,(H,16,19)(H,17,18). The predicted octanol–water partition coefficient (Wildman–Crippen LogP) is 1.85. The van der Waals surface area contributed by atoms with E-state index in [9.17, 15) is 4.79 Å². The molecule has 0 aliphatic rings. The lowest BCUT2D eigenvalue weighted by atomic mass is 10.1. The van der Waals surface area contributed by atoms with Gasteiger partial charge in [-0.2, -0.15) is 5.10 Å². The summed E-state index contributed by atoms with van der Waals surface area (Å²) in [5.74, 6) is 0.615. The number of ether oxygens (including phenoxy) is 2. The Morgan fingerprint density at radius 2 is 2.05 bits per heavy atom. The minimum atomic E-state index is -0.168. The molecule has 0 radical (unpaired) electrons. The number of carbonyl (C=O) groups is 1. The van der Waals surface area contributed by atoms with E-state index in [1.165, 1.54) is 0 Å². The number of aromatic nitrogens is 2. The average Bonchev–Trinajstić information content (AvgIpc) is 3.01. The molecule has 0 unspecified atom stereocenters. The normalized spacial score (nSPS) is 10.4. The summed E-state index contributed by atoms with van der Waals surface area (Å²) >= 11 is 0. The number of carbonyl (C=O) groups excluding carboxylic acids is 1. The minimum Gasteiger partial charge on any atom is -0.497 e. The van der Waals surface area contributed by atoms with Crippen molar-refractivity contribution in [1.82, 2.24) is 15.5 Å². The zero-order valence-electron chi connectivity index (χ0n) is 12.2. The van der Waals surface area contributed by atoms with E-state index in [0.717, 1.165) is 23.4 Å². The molecule has 1 heterocycles. The molecule has 0 aliphatic carbocycles. The van der Waals surface area contributed by atoms with Crippen LogP contribution in [0, 0.1) is 0 Å². The molecule has 0 bridgehead atoms. The highest BCUT2D eigenvalue weighted by Crippen LogP contribution is 2.20. The molecule has 0 aliphatic heterocycles. The van der Waals surface area contributed by atoms with Crippen LogP contribution >= 0.6 is 0 Å². The van der Waals surface area contributed by atoms with Gasteiger partial charge in [0, 0.05) is 25.8 Å². The Hall–Kier alpha value is -2.34. The number of rotatable bonds is 7. The Labute approximate surface area is 123 Å². The zero-order chi connectivity index (χ0) is 15.1. The summed E-state index contributed by atoms with van der Waals surface area (Å²) in [5, 5.41) is 9.71.